The maximum Gasteiger partial charge on any atom is 0.118 e. The molecule has 78 valence electrons. The van der Waals surface area contributed by atoms with E-state index in [9.17, 15) is 0 Å². The zero-order valence-electron chi connectivity index (χ0n) is 8.57. The van der Waals surface area contributed by atoms with Gasteiger partial charge < -0.3 is 16.2 Å². The number of hydrogen-bond donors (Lipinski definition) is 2. The predicted octanol–water partition coefficient (Wildman–Crippen LogP) is 0.914. The Kier molecular flexibility index (Phi) is 4.43. The molecule has 4 N–H and O–H groups in total. The molecule has 0 aliphatic heterocycles. The fourth-order valence-corrected chi connectivity index (χ4v) is 1.38. The lowest BCUT2D eigenvalue weighted by atomic mass is 10.0. The summed E-state index contributed by atoms with van der Waals surface area (Å²) in [4.78, 5) is 0. The Morgan fingerprint density at radius 3 is 2.43 bits per heavy atom. The van der Waals surface area contributed by atoms with Crippen LogP contribution in [0.15, 0.2) is 24.3 Å². The van der Waals surface area contributed by atoms with Crippen LogP contribution in [-0.4, -0.2) is 19.7 Å². The minimum Gasteiger partial charge on any atom is -0.497 e. The van der Waals surface area contributed by atoms with Crippen molar-refractivity contribution in [3.05, 3.63) is 29.8 Å². The Balaban J connectivity index is 2.50. The fraction of sp³-hybridized carbons (Fsp3) is 0.455. The van der Waals surface area contributed by atoms with Gasteiger partial charge in [-0.05, 0) is 37.1 Å². The van der Waals surface area contributed by atoms with Crippen LogP contribution in [0.5, 0.6) is 5.75 Å². The van der Waals surface area contributed by atoms with Gasteiger partial charge in [0.2, 0.25) is 0 Å². The van der Waals surface area contributed by atoms with Crippen molar-refractivity contribution < 1.29 is 4.74 Å². The highest BCUT2D eigenvalue weighted by molar-refractivity contribution is 5.27. The predicted molar refractivity (Wildman–Crippen MR) is 58.3 cm³/mol. The molecule has 3 nitrogen and oxygen atoms in total. The highest BCUT2D eigenvalue weighted by Crippen LogP contribution is 2.12. The van der Waals surface area contributed by atoms with Crippen LogP contribution in [0.3, 0.4) is 0 Å². The molecule has 1 unspecified atom stereocenters. The zero-order chi connectivity index (χ0) is 10.4. The summed E-state index contributed by atoms with van der Waals surface area (Å²) in [6.07, 6.45) is 1.74. The molecule has 0 bridgehead atoms. The van der Waals surface area contributed by atoms with Crippen molar-refractivity contribution in [1.29, 1.82) is 0 Å². The summed E-state index contributed by atoms with van der Waals surface area (Å²) >= 11 is 0. The molecular weight excluding hydrogens is 176 g/mol. The molecule has 0 aliphatic carbocycles. The van der Waals surface area contributed by atoms with E-state index in [-0.39, 0.29) is 6.04 Å². The molecule has 0 saturated carbocycles. The largest absolute Gasteiger partial charge is 0.497 e. The second-order valence-corrected chi connectivity index (χ2v) is 3.39. The van der Waals surface area contributed by atoms with Gasteiger partial charge in [-0.3, -0.25) is 0 Å². The van der Waals surface area contributed by atoms with E-state index in [0.29, 0.717) is 6.54 Å². The van der Waals surface area contributed by atoms with Crippen LogP contribution < -0.4 is 16.2 Å². The van der Waals surface area contributed by atoms with Gasteiger partial charge in [0.1, 0.15) is 5.75 Å². The Bertz CT molecular complexity index is 258. The third-order valence-electron chi connectivity index (χ3n) is 2.19. The van der Waals surface area contributed by atoms with Gasteiger partial charge in [-0.1, -0.05) is 12.1 Å². The van der Waals surface area contributed by atoms with Crippen LogP contribution in [-0.2, 0) is 6.42 Å². The maximum absolute atomic E-state index is 5.88. The van der Waals surface area contributed by atoms with Gasteiger partial charge in [-0.15, -0.1) is 0 Å². The Morgan fingerprint density at radius 1 is 1.29 bits per heavy atom. The summed E-state index contributed by atoms with van der Waals surface area (Å²) in [6, 6.07) is 8.13. The number of nitrogens with two attached hydrogens (primary N) is 2. The van der Waals surface area contributed by atoms with Gasteiger partial charge in [0, 0.05) is 6.04 Å². The topological polar surface area (TPSA) is 61.3 Å². The Morgan fingerprint density at radius 2 is 1.93 bits per heavy atom. The van der Waals surface area contributed by atoms with Crippen molar-refractivity contribution in [3.8, 4) is 5.75 Å². The molecule has 0 fully saturated rings. The van der Waals surface area contributed by atoms with Crippen LogP contribution in [0, 0.1) is 0 Å². The smallest absolute Gasteiger partial charge is 0.118 e. The van der Waals surface area contributed by atoms with E-state index in [1.54, 1.807) is 7.11 Å². The average molecular weight is 194 g/mol. The van der Waals surface area contributed by atoms with Gasteiger partial charge in [-0.25, -0.2) is 0 Å². The van der Waals surface area contributed by atoms with Gasteiger partial charge in [0.05, 0.1) is 7.11 Å². The minimum absolute atomic E-state index is 0.161. The average Bonchev–Trinajstić information content (AvgIpc) is 2.19. The van der Waals surface area contributed by atoms with E-state index >= 15 is 0 Å². The Labute approximate surface area is 85.0 Å². The molecular formula is C11H18N2O. The fourth-order valence-electron chi connectivity index (χ4n) is 1.38. The summed E-state index contributed by atoms with van der Waals surface area (Å²) < 4.78 is 5.07. The first-order chi connectivity index (χ1) is 6.76. The summed E-state index contributed by atoms with van der Waals surface area (Å²) in [5.74, 6) is 0.876. The molecule has 3 heteroatoms. The standard InChI is InChI=1S/C11H18N2O/c1-14-11-4-2-9(3-5-11)8-10(13)6-7-12/h2-5,10H,6-8,12-13H2,1H3. The number of benzene rings is 1. The lowest BCUT2D eigenvalue weighted by molar-refractivity contribution is 0.414. The van der Waals surface area contributed by atoms with Crippen LogP contribution in [0.25, 0.3) is 0 Å². The van der Waals surface area contributed by atoms with Gasteiger partial charge in [0.25, 0.3) is 0 Å². The molecule has 0 spiro atoms. The minimum atomic E-state index is 0.161. The highest BCUT2D eigenvalue weighted by atomic mass is 16.5. The molecule has 0 aromatic heterocycles. The van der Waals surface area contributed by atoms with E-state index < -0.39 is 0 Å². The number of ether oxygens (including phenoxy) is 1. The first-order valence-electron chi connectivity index (χ1n) is 4.85. The van der Waals surface area contributed by atoms with Gasteiger partial charge in [0.15, 0.2) is 0 Å². The molecule has 14 heavy (non-hydrogen) atoms. The van der Waals surface area contributed by atoms with Gasteiger partial charge >= 0.3 is 0 Å². The number of hydrogen-bond acceptors (Lipinski definition) is 3. The summed E-state index contributed by atoms with van der Waals surface area (Å²) in [7, 11) is 1.66. The molecule has 1 aromatic rings. The van der Waals surface area contributed by atoms with Crippen molar-refractivity contribution in [2.24, 2.45) is 11.5 Å². The molecule has 1 aromatic carbocycles. The second kappa shape index (κ2) is 5.62. The van der Waals surface area contributed by atoms with Crippen molar-refractivity contribution >= 4 is 0 Å². The van der Waals surface area contributed by atoms with Gasteiger partial charge in [-0.2, -0.15) is 0 Å². The van der Waals surface area contributed by atoms with Crippen LogP contribution >= 0.6 is 0 Å². The third kappa shape index (κ3) is 3.36. The Hall–Kier alpha value is -1.06. The molecule has 0 heterocycles. The molecule has 0 amide bonds. The lowest BCUT2D eigenvalue weighted by Crippen LogP contribution is -2.25. The van der Waals surface area contributed by atoms with E-state index in [1.165, 1.54) is 5.56 Å². The first-order valence-corrected chi connectivity index (χ1v) is 4.85. The summed E-state index contributed by atoms with van der Waals surface area (Å²) in [5.41, 5.74) is 12.5. The van der Waals surface area contributed by atoms with E-state index in [0.717, 1.165) is 18.6 Å². The molecule has 0 saturated heterocycles. The summed E-state index contributed by atoms with van der Waals surface area (Å²) in [5, 5.41) is 0. The van der Waals surface area contributed by atoms with Crippen molar-refractivity contribution in [2.75, 3.05) is 13.7 Å². The maximum atomic E-state index is 5.88. The number of rotatable bonds is 5. The third-order valence-corrected chi connectivity index (χ3v) is 2.19. The normalized spacial score (nSPS) is 12.5. The first kappa shape index (κ1) is 11.0. The van der Waals surface area contributed by atoms with E-state index in [2.05, 4.69) is 0 Å². The summed E-state index contributed by atoms with van der Waals surface area (Å²) in [6.45, 7) is 0.650. The van der Waals surface area contributed by atoms with E-state index in [1.807, 2.05) is 24.3 Å². The molecule has 1 atom stereocenters. The van der Waals surface area contributed by atoms with E-state index in [4.69, 9.17) is 16.2 Å². The van der Waals surface area contributed by atoms with Crippen LogP contribution in [0.4, 0.5) is 0 Å². The van der Waals surface area contributed by atoms with Crippen molar-refractivity contribution in [1.82, 2.24) is 0 Å². The molecule has 0 radical (unpaired) electrons. The number of methoxy groups -OCH3 is 1. The zero-order valence-corrected chi connectivity index (χ0v) is 8.57. The quantitative estimate of drug-likeness (QED) is 0.732. The SMILES string of the molecule is COc1ccc(CC(N)CCN)cc1. The van der Waals surface area contributed by atoms with Crippen LogP contribution in [0.1, 0.15) is 12.0 Å². The molecule has 0 aliphatic rings. The molecule has 1 rings (SSSR count). The van der Waals surface area contributed by atoms with Crippen molar-refractivity contribution in [3.63, 3.8) is 0 Å². The van der Waals surface area contributed by atoms with Crippen LogP contribution in [0.2, 0.25) is 0 Å². The lowest BCUT2D eigenvalue weighted by Gasteiger charge is -2.10. The highest BCUT2D eigenvalue weighted by Gasteiger charge is 2.02. The second-order valence-electron chi connectivity index (χ2n) is 3.39. The van der Waals surface area contributed by atoms with Crippen molar-refractivity contribution in [2.45, 2.75) is 18.9 Å². The monoisotopic (exact) mass is 194 g/mol.